The molecule has 0 saturated heterocycles. The van der Waals surface area contributed by atoms with Crippen LogP contribution in [0.4, 0.5) is 10.2 Å². The van der Waals surface area contributed by atoms with Crippen molar-refractivity contribution in [2.75, 3.05) is 11.9 Å². The van der Waals surface area contributed by atoms with Crippen LogP contribution in [0.2, 0.25) is 0 Å². The molecule has 0 aromatic carbocycles. The lowest BCUT2D eigenvalue weighted by Crippen LogP contribution is -2.22. The van der Waals surface area contributed by atoms with Crippen LogP contribution in [0.5, 0.6) is 0 Å². The molecule has 0 amide bonds. The molecule has 1 aromatic rings. The summed E-state index contributed by atoms with van der Waals surface area (Å²) in [6.07, 6.45) is 5.83. The number of carboxylic acid groups (broad SMARTS) is 1. The van der Waals surface area contributed by atoms with E-state index in [1.807, 2.05) is 0 Å². The van der Waals surface area contributed by atoms with Gasteiger partial charge in [-0.15, -0.1) is 0 Å². The molecule has 104 valence electrons. The van der Waals surface area contributed by atoms with Crippen LogP contribution in [0.1, 0.15) is 43.0 Å². The molecular weight excluding hydrogens is 247 g/mol. The highest BCUT2D eigenvalue weighted by atomic mass is 19.1. The number of nitrogens with zero attached hydrogens (tertiary/aromatic N) is 1. The molecule has 1 aliphatic rings. The van der Waals surface area contributed by atoms with E-state index in [2.05, 4.69) is 17.2 Å². The third-order valence-electron chi connectivity index (χ3n) is 3.69. The van der Waals surface area contributed by atoms with Crippen LogP contribution in [0, 0.1) is 17.7 Å². The quantitative estimate of drug-likeness (QED) is 0.878. The molecule has 1 aliphatic carbocycles. The first kappa shape index (κ1) is 13.8. The molecule has 0 bridgehead atoms. The summed E-state index contributed by atoms with van der Waals surface area (Å²) in [6.45, 7) is 2.94. The zero-order chi connectivity index (χ0) is 13.8. The number of anilines is 1. The SMILES string of the molecule is CC1CCCC(CNc2ncc(F)cc2C(=O)O)C1. The summed E-state index contributed by atoms with van der Waals surface area (Å²) in [6, 6.07) is 1.00. The largest absolute Gasteiger partial charge is 0.478 e. The number of aromatic nitrogens is 1. The molecule has 5 heteroatoms. The first-order chi connectivity index (χ1) is 9.06. The molecule has 19 heavy (non-hydrogen) atoms. The molecule has 4 nitrogen and oxygen atoms in total. The molecule has 2 N–H and O–H groups in total. The van der Waals surface area contributed by atoms with E-state index < -0.39 is 11.8 Å². The number of carbonyl (C=O) groups is 1. The first-order valence-electron chi connectivity index (χ1n) is 6.69. The zero-order valence-electron chi connectivity index (χ0n) is 11.0. The highest BCUT2D eigenvalue weighted by Gasteiger charge is 2.20. The molecule has 0 spiro atoms. The highest BCUT2D eigenvalue weighted by Crippen LogP contribution is 2.28. The van der Waals surface area contributed by atoms with E-state index >= 15 is 0 Å². The van der Waals surface area contributed by atoms with Gasteiger partial charge in [0.25, 0.3) is 0 Å². The topological polar surface area (TPSA) is 62.2 Å². The van der Waals surface area contributed by atoms with Gasteiger partial charge >= 0.3 is 5.97 Å². The number of pyridine rings is 1. The Morgan fingerprint density at radius 2 is 2.37 bits per heavy atom. The summed E-state index contributed by atoms with van der Waals surface area (Å²) >= 11 is 0. The summed E-state index contributed by atoms with van der Waals surface area (Å²) in [7, 11) is 0. The molecule has 1 saturated carbocycles. The van der Waals surface area contributed by atoms with Crippen LogP contribution in [0.25, 0.3) is 0 Å². The maximum atomic E-state index is 13.0. The number of aromatic carboxylic acids is 1. The van der Waals surface area contributed by atoms with E-state index in [1.54, 1.807) is 0 Å². The average molecular weight is 266 g/mol. The lowest BCUT2D eigenvalue weighted by molar-refractivity contribution is 0.0697. The van der Waals surface area contributed by atoms with Crippen molar-refractivity contribution >= 4 is 11.8 Å². The Balaban J connectivity index is 2.01. The van der Waals surface area contributed by atoms with E-state index in [0.717, 1.165) is 31.0 Å². The molecule has 1 fully saturated rings. The minimum Gasteiger partial charge on any atom is -0.478 e. The van der Waals surface area contributed by atoms with Gasteiger partial charge in [-0.3, -0.25) is 0 Å². The highest BCUT2D eigenvalue weighted by molar-refractivity contribution is 5.93. The number of halogens is 1. The number of rotatable bonds is 4. The molecule has 0 aliphatic heterocycles. The maximum Gasteiger partial charge on any atom is 0.339 e. The van der Waals surface area contributed by atoms with Crippen molar-refractivity contribution in [2.24, 2.45) is 11.8 Å². The van der Waals surface area contributed by atoms with E-state index in [4.69, 9.17) is 5.11 Å². The Bertz CT molecular complexity index is 465. The standard InChI is InChI=1S/C14H19FN2O2/c1-9-3-2-4-10(5-9)7-16-13-12(14(18)19)6-11(15)8-17-13/h6,8-10H,2-5,7H2,1H3,(H,16,17)(H,18,19). The summed E-state index contributed by atoms with van der Waals surface area (Å²) in [5, 5.41) is 12.1. The third-order valence-corrected chi connectivity index (χ3v) is 3.69. The van der Waals surface area contributed by atoms with Gasteiger partial charge in [-0.1, -0.05) is 19.8 Å². The van der Waals surface area contributed by atoms with Crippen molar-refractivity contribution in [3.05, 3.63) is 23.6 Å². The average Bonchev–Trinajstić information content (AvgIpc) is 2.37. The number of hydrogen-bond acceptors (Lipinski definition) is 3. The van der Waals surface area contributed by atoms with Gasteiger partial charge in [0.05, 0.1) is 6.20 Å². The van der Waals surface area contributed by atoms with Crippen molar-refractivity contribution in [3.63, 3.8) is 0 Å². The summed E-state index contributed by atoms with van der Waals surface area (Å²) in [5.74, 6) is -0.272. The zero-order valence-corrected chi connectivity index (χ0v) is 11.0. The van der Waals surface area contributed by atoms with Crippen LogP contribution < -0.4 is 5.32 Å². The summed E-state index contributed by atoms with van der Waals surface area (Å²) in [4.78, 5) is 14.9. The summed E-state index contributed by atoms with van der Waals surface area (Å²) < 4.78 is 13.0. The fourth-order valence-corrected chi connectivity index (χ4v) is 2.73. The van der Waals surface area contributed by atoms with E-state index in [1.165, 1.54) is 12.8 Å². The third kappa shape index (κ3) is 3.66. The lowest BCUT2D eigenvalue weighted by Gasteiger charge is -2.27. The van der Waals surface area contributed by atoms with Gasteiger partial charge in [0, 0.05) is 6.54 Å². The maximum absolute atomic E-state index is 13.0. The van der Waals surface area contributed by atoms with Gasteiger partial charge in [-0.2, -0.15) is 0 Å². The first-order valence-corrected chi connectivity index (χ1v) is 6.69. The Labute approximate surface area is 112 Å². The van der Waals surface area contributed by atoms with Crippen molar-refractivity contribution in [1.82, 2.24) is 4.98 Å². The Hall–Kier alpha value is -1.65. The van der Waals surface area contributed by atoms with Gasteiger partial charge in [0.2, 0.25) is 0 Å². The molecule has 2 rings (SSSR count). The second-order valence-electron chi connectivity index (χ2n) is 5.37. The van der Waals surface area contributed by atoms with Gasteiger partial charge in [-0.25, -0.2) is 14.2 Å². The fourth-order valence-electron chi connectivity index (χ4n) is 2.73. The van der Waals surface area contributed by atoms with E-state index in [-0.39, 0.29) is 11.4 Å². The minimum atomic E-state index is -1.16. The number of hydrogen-bond donors (Lipinski definition) is 2. The molecule has 1 heterocycles. The molecule has 2 unspecified atom stereocenters. The Morgan fingerprint density at radius 1 is 1.58 bits per heavy atom. The van der Waals surface area contributed by atoms with E-state index in [0.29, 0.717) is 12.5 Å². The molecule has 1 aromatic heterocycles. The second-order valence-corrected chi connectivity index (χ2v) is 5.37. The fraction of sp³-hybridized carbons (Fsp3) is 0.571. The molecule has 2 atom stereocenters. The van der Waals surface area contributed by atoms with Crippen LogP contribution in [0.3, 0.4) is 0 Å². The van der Waals surface area contributed by atoms with Gasteiger partial charge in [-0.05, 0) is 30.7 Å². The van der Waals surface area contributed by atoms with Gasteiger partial charge < -0.3 is 10.4 Å². The Morgan fingerprint density at radius 3 is 3.05 bits per heavy atom. The monoisotopic (exact) mass is 266 g/mol. The van der Waals surface area contributed by atoms with Crippen LogP contribution in [0.15, 0.2) is 12.3 Å². The molecule has 0 radical (unpaired) electrons. The number of nitrogens with one attached hydrogen (secondary N) is 1. The van der Waals surface area contributed by atoms with Crippen molar-refractivity contribution in [1.29, 1.82) is 0 Å². The van der Waals surface area contributed by atoms with Gasteiger partial charge in [0.15, 0.2) is 0 Å². The van der Waals surface area contributed by atoms with Gasteiger partial charge in [0.1, 0.15) is 17.2 Å². The normalized spacial score (nSPS) is 23.1. The van der Waals surface area contributed by atoms with E-state index in [9.17, 15) is 9.18 Å². The number of carboxylic acids is 1. The Kier molecular flexibility index (Phi) is 4.35. The predicted molar refractivity (Wildman–Crippen MR) is 70.8 cm³/mol. The van der Waals surface area contributed by atoms with Crippen LogP contribution in [-0.2, 0) is 0 Å². The van der Waals surface area contributed by atoms with Crippen molar-refractivity contribution < 1.29 is 14.3 Å². The minimum absolute atomic E-state index is 0.108. The van der Waals surface area contributed by atoms with Crippen LogP contribution in [-0.4, -0.2) is 22.6 Å². The lowest BCUT2D eigenvalue weighted by atomic mass is 9.82. The van der Waals surface area contributed by atoms with Crippen molar-refractivity contribution in [3.8, 4) is 0 Å². The predicted octanol–water partition coefficient (Wildman–Crippen LogP) is 3.16. The van der Waals surface area contributed by atoms with Crippen LogP contribution >= 0.6 is 0 Å². The summed E-state index contributed by atoms with van der Waals surface area (Å²) in [5.41, 5.74) is -0.108. The molecular formula is C14H19FN2O2. The second kappa shape index (κ2) is 5.99. The van der Waals surface area contributed by atoms with Crippen molar-refractivity contribution in [2.45, 2.75) is 32.6 Å². The smallest absolute Gasteiger partial charge is 0.339 e.